The molecule has 1 unspecified atom stereocenters. The molecule has 13 heteroatoms. The summed E-state index contributed by atoms with van der Waals surface area (Å²) in [7, 11) is 2.80. The number of nitrogens with zero attached hydrogens (tertiary/aromatic N) is 5. The molecule has 4 rings (SSSR count). The van der Waals surface area contributed by atoms with Gasteiger partial charge in [-0.25, -0.2) is 24.0 Å². The number of methoxy groups -OCH3 is 2. The van der Waals surface area contributed by atoms with Crippen molar-refractivity contribution in [2.45, 2.75) is 6.92 Å². The molecule has 0 radical (unpaired) electrons. The van der Waals surface area contributed by atoms with Gasteiger partial charge in [-0.1, -0.05) is 18.7 Å². The molecular weight excluding hydrogens is 526 g/mol. The lowest BCUT2D eigenvalue weighted by molar-refractivity contribution is 0.0690. The SMILES string of the molecule is C=C(C)c1ccc(N(c2nc(-c3ccnc(C(=O)O)c3)nc(OC)c2Oc2ccccc2OC)S(=O)O)nc1. The number of carbonyl (C=O) groups is 1. The van der Waals surface area contributed by atoms with Crippen molar-refractivity contribution in [1.82, 2.24) is 19.9 Å². The topological polar surface area (TPSA) is 157 Å². The molecule has 0 fully saturated rings. The van der Waals surface area contributed by atoms with Gasteiger partial charge in [0.2, 0.25) is 5.75 Å². The summed E-state index contributed by atoms with van der Waals surface area (Å²) in [6.45, 7) is 5.68. The minimum atomic E-state index is -2.70. The van der Waals surface area contributed by atoms with Gasteiger partial charge in [-0.15, -0.1) is 0 Å². The minimum Gasteiger partial charge on any atom is -0.493 e. The van der Waals surface area contributed by atoms with Crippen LogP contribution in [0.1, 0.15) is 23.0 Å². The number of pyridine rings is 2. The maximum absolute atomic E-state index is 12.7. The standard InChI is InChI=1S/C26H23N5O7S/c1-15(2)17-9-10-21(28-14-17)31(39(34)35)24-22(38-20-8-6-5-7-19(20)36-3)25(37-4)30-23(29-24)16-11-12-27-18(13-16)26(32)33/h5-14H,1H2,2-4H3,(H,32,33)(H,34,35). The highest BCUT2D eigenvalue weighted by Crippen LogP contribution is 2.44. The highest BCUT2D eigenvalue weighted by molar-refractivity contribution is 7.81. The number of para-hydroxylation sites is 2. The van der Waals surface area contributed by atoms with Gasteiger partial charge in [-0.3, -0.25) is 4.55 Å². The Balaban J connectivity index is 1.98. The number of allylic oxidation sites excluding steroid dienone is 1. The van der Waals surface area contributed by atoms with Gasteiger partial charge in [0, 0.05) is 18.0 Å². The number of aromatic nitrogens is 4. The predicted octanol–water partition coefficient (Wildman–Crippen LogP) is 4.75. The Bertz CT molecular complexity index is 1560. The highest BCUT2D eigenvalue weighted by atomic mass is 32.2. The summed E-state index contributed by atoms with van der Waals surface area (Å²) < 4.78 is 41.1. The Labute approximate surface area is 226 Å². The molecule has 0 aliphatic carbocycles. The lowest BCUT2D eigenvalue weighted by Gasteiger charge is -2.23. The molecule has 1 aromatic carbocycles. The van der Waals surface area contributed by atoms with E-state index in [9.17, 15) is 18.7 Å². The molecule has 4 aromatic rings. The number of carboxylic acid groups (broad SMARTS) is 1. The van der Waals surface area contributed by atoms with Crippen LogP contribution in [-0.2, 0) is 11.3 Å². The van der Waals surface area contributed by atoms with E-state index in [0.717, 1.165) is 15.4 Å². The van der Waals surface area contributed by atoms with Gasteiger partial charge in [0.15, 0.2) is 23.1 Å². The smallest absolute Gasteiger partial charge is 0.354 e. The Morgan fingerprint density at radius 2 is 1.77 bits per heavy atom. The number of benzene rings is 1. The first-order valence-electron chi connectivity index (χ1n) is 11.2. The summed E-state index contributed by atoms with van der Waals surface area (Å²) in [5.41, 5.74) is 1.50. The highest BCUT2D eigenvalue weighted by Gasteiger charge is 2.29. The molecule has 3 heterocycles. The first kappa shape index (κ1) is 27.2. The van der Waals surface area contributed by atoms with Crippen LogP contribution in [0, 0.1) is 0 Å². The molecule has 12 nitrogen and oxygen atoms in total. The van der Waals surface area contributed by atoms with E-state index in [0.29, 0.717) is 5.75 Å². The van der Waals surface area contributed by atoms with Crippen molar-refractivity contribution in [2.24, 2.45) is 0 Å². The van der Waals surface area contributed by atoms with Gasteiger partial charge in [0.25, 0.3) is 17.1 Å². The molecule has 2 N–H and O–H groups in total. The van der Waals surface area contributed by atoms with Crippen molar-refractivity contribution in [1.29, 1.82) is 0 Å². The molecule has 0 aliphatic rings. The lowest BCUT2D eigenvalue weighted by Crippen LogP contribution is -2.23. The fourth-order valence-corrected chi connectivity index (χ4v) is 3.97. The molecule has 0 amide bonds. The van der Waals surface area contributed by atoms with Gasteiger partial charge < -0.3 is 19.3 Å². The van der Waals surface area contributed by atoms with E-state index in [1.165, 1.54) is 44.8 Å². The maximum Gasteiger partial charge on any atom is 0.354 e. The van der Waals surface area contributed by atoms with E-state index < -0.39 is 17.2 Å². The summed E-state index contributed by atoms with van der Waals surface area (Å²) in [6.07, 6.45) is 2.78. The average Bonchev–Trinajstić information content (AvgIpc) is 2.94. The molecule has 0 saturated carbocycles. The van der Waals surface area contributed by atoms with Crippen molar-refractivity contribution in [3.63, 3.8) is 0 Å². The summed E-state index contributed by atoms with van der Waals surface area (Å²) in [5, 5.41) is 9.38. The Kier molecular flexibility index (Phi) is 8.13. The number of aromatic carboxylic acids is 1. The Morgan fingerprint density at radius 3 is 2.36 bits per heavy atom. The van der Waals surface area contributed by atoms with E-state index in [4.69, 9.17) is 14.2 Å². The first-order chi connectivity index (χ1) is 18.7. The second-order valence-electron chi connectivity index (χ2n) is 7.91. The third-order valence-electron chi connectivity index (χ3n) is 5.33. The van der Waals surface area contributed by atoms with Crippen molar-refractivity contribution in [2.75, 3.05) is 18.5 Å². The average molecular weight is 550 g/mol. The first-order valence-corrected chi connectivity index (χ1v) is 12.3. The number of anilines is 2. The summed E-state index contributed by atoms with van der Waals surface area (Å²) in [6, 6.07) is 12.7. The molecule has 0 bridgehead atoms. The van der Waals surface area contributed by atoms with E-state index in [1.54, 1.807) is 37.3 Å². The molecule has 39 heavy (non-hydrogen) atoms. The van der Waals surface area contributed by atoms with Gasteiger partial charge in [-0.05, 0) is 54.5 Å². The zero-order valence-corrected chi connectivity index (χ0v) is 21.9. The van der Waals surface area contributed by atoms with Crippen LogP contribution in [0.15, 0.2) is 67.5 Å². The number of hydrogen-bond acceptors (Lipinski definition) is 9. The van der Waals surface area contributed by atoms with Crippen molar-refractivity contribution in [3.8, 4) is 34.5 Å². The Morgan fingerprint density at radius 1 is 1.03 bits per heavy atom. The summed E-state index contributed by atoms with van der Waals surface area (Å²) in [4.78, 5) is 28.5. The second kappa shape index (κ2) is 11.7. The van der Waals surface area contributed by atoms with E-state index in [-0.39, 0.29) is 46.1 Å². The lowest BCUT2D eigenvalue weighted by atomic mass is 10.1. The van der Waals surface area contributed by atoms with Crippen LogP contribution in [0.2, 0.25) is 0 Å². The van der Waals surface area contributed by atoms with Crippen LogP contribution < -0.4 is 18.5 Å². The quantitative estimate of drug-likeness (QED) is 0.263. The van der Waals surface area contributed by atoms with E-state index in [1.807, 2.05) is 0 Å². The normalized spacial score (nSPS) is 11.4. The molecule has 3 aromatic heterocycles. The van der Waals surface area contributed by atoms with Crippen LogP contribution in [-0.4, -0.2) is 54.0 Å². The predicted molar refractivity (Wildman–Crippen MR) is 144 cm³/mol. The fraction of sp³-hybridized carbons (Fsp3) is 0.115. The van der Waals surface area contributed by atoms with Crippen molar-refractivity contribution < 1.29 is 32.9 Å². The second-order valence-corrected chi connectivity index (χ2v) is 8.73. The minimum absolute atomic E-state index is 0.0202. The van der Waals surface area contributed by atoms with Crippen LogP contribution in [0.5, 0.6) is 23.1 Å². The van der Waals surface area contributed by atoms with Gasteiger partial charge in [0.05, 0.1) is 14.2 Å². The van der Waals surface area contributed by atoms with Crippen LogP contribution in [0.4, 0.5) is 11.6 Å². The van der Waals surface area contributed by atoms with Crippen molar-refractivity contribution >= 4 is 34.4 Å². The molecule has 0 aliphatic heterocycles. The van der Waals surface area contributed by atoms with E-state index >= 15 is 0 Å². The van der Waals surface area contributed by atoms with Crippen LogP contribution in [0.3, 0.4) is 0 Å². The molecular formula is C26H23N5O7S. The third kappa shape index (κ3) is 5.84. The van der Waals surface area contributed by atoms with Gasteiger partial charge in [0.1, 0.15) is 11.5 Å². The van der Waals surface area contributed by atoms with Gasteiger partial charge >= 0.3 is 5.97 Å². The molecule has 200 valence electrons. The maximum atomic E-state index is 12.7. The fourth-order valence-electron chi connectivity index (χ4n) is 3.43. The van der Waals surface area contributed by atoms with E-state index in [2.05, 4.69) is 26.5 Å². The largest absolute Gasteiger partial charge is 0.493 e. The summed E-state index contributed by atoms with van der Waals surface area (Å²) >= 11 is -2.70. The van der Waals surface area contributed by atoms with Crippen molar-refractivity contribution in [3.05, 3.63) is 78.8 Å². The monoisotopic (exact) mass is 549 g/mol. The zero-order chi connectivity index (χ0) is 28.1. The number of carboxylic acids is 1. The van der Waals surface area contributed by atoms with Gasteiger partial charge in [-0.2, -0.15) is 9.29 Å². The summed E-state index contributed by atoms with van der Waals surface area (Å²) in [5.74, 6) is -1.01. The Hall–Kier alpha value is -4.88. The van der Waals surface area contributed by atoms with Crippen LogP contribution >= 0.6 is 0 Å². The number of ether oxygens (including phenoxy) is 3. The number of hydrogen-bond donors (Lipinski definition) is 2. The molecule has 0 spiro atoms. The molecule has 1 atom stereocenters. The number of rotatable bonds is 10. The zero-order valence-electron chi connectivity index (χ0n) is 21.1. The molecule has 0 saturated heterocycles. The van der Waals surface area contributed by atoms with Crippen LogP contribution in [0.25, 0.3) is 17.0 Å². The third-order valence-corrected chi connectivity index (χ3v) is 6.00.